The van der Waals surface area contributed by atoms with Gasteiger partial charge in [0.1, 0.15) is 5.75 Å². The highest BCUT2D eigenvalue weighted by atomic mass is 16.5. The Morgan fingerprint density at radius 1 is 1.35 bits per heavy atom. The van der Waals surface area contributed by atoms with Crippen molar-refractivity contribution in [2.45, 2.75) is 40.3 Å². The first-order valence-corrected chi connectivity index (χ1v) is 6.93. The second-order valence-electron chi connectivity index (χ2n) is 6.15. The van der Waals surface area contributed by atoms with Gasteiger partial charge in [-0.3, -0.25) is 4.79 Å². The minimum absolute atomic E-state index is 0.0285. The minimum atomic E-state index is -0.0285. The molecule has 0 fully saturated rings. The molecule has 112 valence electrons. The van der Waals surface area contributed by atoms with Crippen LogP contribution in [0.5, 0.6) is 5.75 Å². The van der Waals surface area contributed by atoms with E-state index in [1.54, 1.807) is 4.90 Å². The van der Waals surface area contributed by atoms with Crippen molar-refractivity contribution in [3.05, 3.63) is 29.8 Å². The number of nitrogens with two attached hydrogens (primary N) is 1. The molecule has 1 amide bonds. The Balaban J connectivity index is 2.63. The monoisotopic (exact) mass is 278 g/mol. The molecule has 0 aliphatic heterocycles. The Kier molecular flexibility index (Phi) is 5.57. The number of para-hydroxylation sites is 1. The number of carbonyl (C=O) groups is 1. The summed E-state index contributed by atoms with van der Waals surface area (Å²) in [7, 11) is 1.82. The summed E-state index contributed by atoms with van der Waals surface area (Å²) >= 11 is 0. The molecule has 1 atom stereocenters. The zero-order chi connectivity index (χ0) is 15.3. The van der Waals surface area contributed by atoms with Crippen LogP contribution in [-0.2, 0) is 11.3 Å². The van der Waals surface area contributed by atoms with Crippen LogP contribution in [0.15, 0.2) is 24.3 Å². The lowest BCUT2D eigenvalue weighted by Crippen LogP contribution is -2.44. The van der Waals surface area contributed by atoms with E-state index >= 15 is 0 Å². The van der Waals surface area contributed by atoms with Crippen molar-refractivity contribution in [1.29, 1.82) is 0 Å². The number of rotatable bonds is 5. The number of amides is 1. The SMILES string of the molecule is CC(N(C)C(=O)COc1ccccc1CN)C(C)(C)C. The van der Waals surface area contributed by atoms with Crippen LogP contribution in [0.2, 0.25) is 0 Å². The number of hydrogen-bond acceptors (Lipinski definition) is 3. The van der Waals surface area contributed by atoms with E-state index in [9.17, 15) is 4.79 Å². The molecule has 0 saturated carbocycles. The molecule has 2 N–H and O–H groups in total. The summed E-state index contributed by atoms with van der Waals surface area (Å²) in [6, 6.07) is 7.66. The Labute approximate surface area is 121 Å². The van der Waals surface area contributed by atoms with E-state index < -0.39 is 0 Å². The summed E-state index contributed by atoms with van der Waals surface area (Å²) in [5.41, 5.74) is 6.60. The number of benzene rings is 1. The van der Waals surface area contributed by atoms with E-state index in [4.69, 9.17) is 10.5 Å². The molecule has 4 nitrogen and oxygen atoms in total. The van der Waals surface area contributed by atoms with Gasteiger partial charge < -0.3 is 15.4 Å². The summed E-state index contributed by atoms with van der Waals surface area (Å²) in [5.74, 6) is 0.652. The average Bonchev–Trinajstić information content (AvgIpc) is 2.42. The maximum absolute atomic E-state index is 12.2. The minimum Gasteiger partial charge on any atom is -0.483 e. The molecule has 0 aliphatic carbocycles. The molecule has 0 aliphatic rings. The molecular weight excluding hydrogens is 252 g/mol. The Morgan fingerprint density at radius 3 is 2.50 bits per heavy atom. The molecule has 1 aromatic carbocycles. The highest BCUT2D eigenvalue weighted by Crippen LogP contribution is 2.23. The van der Waals surface area contributed by atoms with Gasteiger partial charge in [0.05, 0.1) is 0 Å². The normalized spacial score (nSPS) is 12.9. The number of ether oxygens (including phenoxy) is 1. The first-order chi connectivity index (χ1) is 9.27. The number of carbonyl (C=O) groups excluding carboxylic acids is 1. The molecule has 0 saturated heterocycles. The van der Waals surface area contributed by atoms with Crippen molar-refractivity contribution in [2.75, 3.05) is 13.7 Å². The quantitative estimate of drug-likeness (QED) is 0.900. The Bertz CT molecular complexity index is 452. The lowest BCUT2D eigenvalue weighted by atomic mass is 9.87. The lowest BCUT2D eigenvalue weighted by molar-refractivity contribution is -0.135. The fraction of sp³-hybridized carbons (Fsp3) is 0.562. The van der Waals surface area contributed by atoms with Crippen molar-refractivity contribution in [3.63, 3.8) is 0 Å². The van der Waals surface area contributed by atoms with Crippen LogP contribution < -0.4 is 10.5 Å². The first-order valence-electron chi connectivity index (χ1n) is 6.93. The van der Waals surface area contributed by atoms with Gasteiger partial charge in [-0.25, -0.2) is 0 Å². The van der Waals surface area contributed by atoms with Gasteiger partial charge >= 0.3 is 0 Å². The van der Waals surface area contributed by atoms with Gasteiger partial charge in [0.2, 0.25) is 0 Å². The third kappa shape index (κ3) is 4.23. The van der Waals surface area contributed by atoms with Crippen LogP contribution in [0.1, 0.15) is 33.3 Å². The van der Waals surface area contributed by atoms with Crippen molar-refractivity contribution in [2.24, 2.45) is 11.1 Å². The molecule has 0 aromatic heterocycles. The molecule has 4 heteroatoms. The lowest BCUT2D eigenvalue weighted by Gasteiger charge is -2.35. The van der Waals surface area contributed by atoms with Gasteiger partial charge in [0.25, 0.3) is 5.91 Å². The molecule has 0 heterocycles. The maximum Gasteiger partial charge on any atom is 0.260 e. The predicted molar refractivity (Wildman–Crippen MR) is 81.5 cm³/mol. The van der Waals surface area contributed by atoms with Crippen LogP contribution in [0.4, 0.5) is 0 Å². The van der Waals surface area contributed by atoms with Crippen molar-refractivity contribution < 1.29 is 9.53 Å². The fourth-order valence-corrected chi connectivity index (χ4v) is 1.85. The molecule has 20 heavy (non-hydrogen) atoms. The molecule has 0 bridgehead atoms. The zero-order valence-electron chi connectivity index (χ0n) is 13.1. The van der Waals surface area contributed by atoms with Crippen LogP contribution >= 0.6 is 0 Å². The third-order valence-corrected chi connectivity index (χ3v) is 3.77. The van der Waals surface area contributed by atoms with Gasteiger partial charge in [0, 0.05) is 25.2 Å². The molecule has 1 aromatic rings. The molecule has 0 radical (unpaired) electrons. The van der Waals surface area contributed by atoms with Gasteiger partial charge in [-0.05, 0) is 18.4 Å². The van der Waals surface area contributed by atoms with Crippen molar-refractivity contribution >= 4 is 5.91 Å². The summed E-state index contributed by atoms with van der Waals surface area (Å²) in [6.45, 7) is 8.84. The fourth-order valence-electron chi connectivity index (χ4n) is 1.85. The predicted octanol–water partition coefficient (Wildman–Crippen LogP) is 2.42. The van der Waals surface area contributed by atoms with Crippen LogP contribution in [0.3, 0.4) is 0 Å². The van der Waals surface area contributed by atoms with E-state index in [1.807, 2.05) is 38.2 Å². The summed E-state index contributed by atoms with van der Waals surface area (Å²) in [4.78, 5) is 13.9. The zero-order valence-corrected chi connectivity index (χ0v) is 13.1. The molecule has 0 spiro atoms. The topological polar surface area (TPSA) is 55.6 Å². The maximum atomic E-state index is 12.2. The highest BCUT2D eigenvalue weighted by molar-refractivity contribution is 5.77. The van der Waals surface area contributed by atoms with E-state index in [2.05, 4.69) is 20.8 Å². The van der Waals surface area contributed by atoms with E-state index in [1.165, 1.54) is 0 Å². The van der Waals surface area contributed by atoms with E-state index in [0.717, 1.165) is 5.56 Å². The van der Waals surface area contributed by atoms with Crippen LogP contribution in [0.25, 0.3) is 0 Å². The number of likely N-dealkylation sites (N-methyl/N-ethyl adjacent to an activating group) is 1. The smallest absolute Gasteiger partial charge is 0.260 e. The molecular formula is C16H26N2O2. The van der Waals surface area contributed by atoms with Crippen LogP contribution in [-0.4, -0.2) is 30.5 Å². The van der Waals surface area contributed by atoms with Crippen molar-refractivity contribution in [3.8, 4) is 5.75 Å². The second-order valence-corrected chi connectivity index (χ2v) is 6.15. The van der Waals surface area contributed by atoms with Gasteiger partial charge in [-0.1, -0.05) is 39.0 Å². The van der Waals surface area contributed by atoms with Gasteiger partial charge in [-0.15, -0.1) is 0 Å². The van der Waals surface area contributed by atoms with Gasteiger partial charge in [0.15, 0.2) is 6.61 Å². The average molecular weight is 278 g/mol. The summed E-state index contributed by atoms with van der Waals surface area (Å²) < 4.78 is 5.60. The third-order valence-electron chi connectivity index (χ3n) is 3.77. The highest BCUT2D eigenvalue weighted by Gasteiger charge is 2.27. The second kappa shape index (κ2) is 6.75. The molecule has 1 rings (SSSR count). The Hall–Kier alpha value is -1.55. The Morgan fingerprint density at radius 2 is 1.95 bits per heavy atom. The summed E-state index contributed by atoms with van der Waals surface area (Å²) in [6.07, 6.45) is 0. The standard InChI is InChI=1S/C16H26N2O2/c1-12(16(2,3)4)18(5)15(19)11-20-14-9-7-6-8-13(14)10-17/h6-9,12H,10-11,17H2,1-5H3. The molecule has 1 unspecified atom stereocenters. The summed E-state index contributed by atoms with van der Waals surface area (Å²) in [5, 5.41) is 0. The van der Waals surface area contributed by atoms with Crippen LogP contribution in [0, 0.1) is 5.41 Å². The number of hydrogen-bond donors (Lipinski definition) is 1. The largest absolute Gasteiger partial charge is 0.483 e. The number of nitrogens with zero attached hydrogens (tertiary/aromatic N) is 1. The first kappa shape index (κ1) is 16.5. The van der Waals surface area contributed by atoms with E-state index in [0.29, 0.717) is 12.3 Å². The van der Waals surface area contributed by atoms with E-state index in [-0.39, 0.29) is 24.0 Å². The van der Waals surface area contributed by atoms with Crippen molar-refractivity contribution in [1.82, 2.24) is 4.90 Å². The van der Waals surface area contributed by atoms with Gasteiger partial charge in [-0.2, -0.15) is 0 Å².